The number of fused-ring (bicyclic) bond motifs is 3. The zero-order valence-corrected chi connectivity index (χ0v) is 29.6. The van der Waals surface area contributed by atoms with Crippen molar-refractivity contribution in [2.75, 3.05) is 5.33 Å². The fraction of sp³-hybridized carbons (Fsp3) is 0.382. The molecule has 0 saturated heterocycles. The van der Waals surface area contributed by atoms with Crippen LogP contribution in [0.5, 0.6) is 0 Å². The van der Waals surface area contributed by atoms with Crippen molar-refractivity contribution in [1.29, 1.82) is 0 Å². The molecule has 0 N–H and O–H groups in total. The number of hydrogen-bond acceptors (Lipinski definition) is 3. The summed E-state index contributed by atoms with van der Waals surface area (Å²) in [4.78, 5) is 3.97. The van der Waals surface area contributed by atoms with Crippen molar-refractivity contribution in [3.05, 3.63) is 92.1 Å². The molecule has 0 unspecified atom stereocenters. The van der Waals surface area contributed by atoms with Crippen LogP contribution in [0.15, 0.2) is 62.7 Å². The van der Waals surface area contributed by atoms with Crippen molar-refractivity contribution < 1.29 is 17.6 Å². The Bertz CT molecular complexity index is 1860. The molecule has 1 aliphatic heterocycles. The standard InChI is InChI=1S/C11H10BrFN2.C11H10F2N2.C8H5BrFN.C4H7Br/c12-8-3-10(13)9-6-15(5-7-1-2-7)14-11(9)4-8;12-8-3-10(13)9-5-14-15(11(9)4-8)6-7-1-2-7;9-6-1-5-3-11-4-7(5)8(10)2-6;5-3-4-1-2-4/h3-4,6-7H,1-2,5H2;3-5,7H,1-2,6H2;1-2,4H,3H2;4H,1-3H2. The molecule has 2 aromatic heterocycles. The molecule has 9 rings (SSSR count). The highest BCUT2D eigenvalue weighted by Crippen LogP contribution is 2.33. The number of aliphatic imine (C=N–C) groups is 1. The van der Waals surface area contributed by atoms with E-state index < -0.39 is 11.6 Å². The predicted octanol–water partition coefficient (Wildman–Crippen LogP) is 10.4. The van der Waals surface area contributed by atoms with E-state index in [1.165, 1.54) is 68.3 Å². The number of benzene rings is 3. The van der Waals surface area contributed by atoms with Gasteiger partial charge in [0.25, 0.3) is 0 Å². The summed E-state index contributed by atoms with van der Waals surface area (Å²) in [5, 5.41) is 10.7. The van der Waals surface area contributed by atoms with Crippen molar-refractivity contribution in [3.63, 3.8) is 0 Å². The minimum Gasteiger partial charge on any atom is -0.288 e. The van der Waals surface area contributed by atoms with Crippen LogP contribution in [0, 0.1) is 41.0 Å². The second-order valence-corrected chi connectivity index (χ2v) is 14.7. The molecule has 242 valence electrons. The number of rotatable bonds is 5. The van der Waals surface area contributed by atoms with Crippen molar-refractivity contribution in [2.24, 2.45) is 22.7 Å². The Labute approximate surface area is 289 Å². The first-order chi connectivity index (χ1) is 22.2. The summed E-state index contributed by atoms with van der Waals surface area (Å²) in [5.41, 5.74) is 2.87. The first-order valence-corrected chi connectivity index (χ1v) is 18.0. The van der Waals surface area contributed by atoms with E-state index in [0.717, 1.165) is 51.0 Å². The summed E-state index contributed by atoms with van der Waals surface area (Å²) in [6, 6.07) is 8.91. The van der Waals surface area contributed by atoms with Gasteiger partial charge in [0, 0.05) is 51.4 Å². The van der Waals surface area contributed by atoms with E-state index in [2.05, 4.69) is 63.0 Å². The highest BCUT2D eigenvalue weighted by Gasteiger charge is 2.24. The lowest BCUT2D eigenvalue weighted by Crippen LogP contribution is -2.01. The topological polar surface area (TPSA) is 48.0 Å². The molecular formula is C34H32Br3F4N5. The molecule has 0 atom stereocenters. The highest BCUT2D eigenvalue weighted by atomic mass is 79.9. The van der Waals surface area contributed by atoms with Crippen LogP contribution in [0.4, 0.5) is 17.6 Å². The van der Waals surface area contributed by atoms with E-state index in [0.29, 0.717) is 34.3 Å². The average molecular weight is 826 g/mol. The van der Waals surface area contributed by atoms with Crippen LogP contribution >= 0.6 is 47.8 Å². The highest BCUT2D eigenvalue weighted by molar-refractivity contribution is 9.10. The fourth-order valence-electron chi connectivity index (χ4n) is 4.97. The van der Waals surface area contributed by atoms with Crippen molar-refractivity contribution in [1.82, 2.24) is 19.6 Å². The molecule has 46 heavy (non-hydrogen) atoms. The Morgan fingerprint density at radius 1 is 0.739 bits per heavy atom. The minimum atomic E-state index is -0.544. The van der Waals surface area contributed by atoms with E-state index in [-0.39, 0.29) is 11.6 Å². The number of hydrogen-bond donors (Lipinski definition) is 0. The van der Waals surface area contributed by atoms with Crippen LogP contribution in [-0.4, -0.2) is 31.1 Å². The van der Waals surface area contributed by atoms with Gasteiger partial charge in [-0.25, -0.2) is 17.6 Å². The van der Waals surface area contributed by atoms with E-state index in [4.69, 9.17) is 0 Å². The summed E-state index contributed by atoms with van der Waals surface area (Å²) in [5.74, 6) is 0.960. The molecule has 3 fully saturated rings. The third-order valence-electron chi connectivity index (χ3n) is 8.11. The summed E-state index contributed by atoms with van der Waals surface area (Å²) >= 11 is 9.86. The zero-order chi connectivity index (χ0) is 32.4. The van der Waals surface area contributed by atoms with Crippen LogP contribution in [0.2, 0.25) is 0 Å². The predicted molar refractivity (Wildman–Crippen MR) is 184 cm³/mol. The Balaban J connectivity index is 0.000000114. The molecule has 12 heteroatoms. The van der Waals surface area contributed by atoms with Gasteiger partial charge in [-0.2, -0.15) is 10.2 Å². The van der Waals surface area contributed by atoms with Crippen molar-refractivity contribution >= 4 is 75.8 Å². The maximum Gasteiger partial charge on any atom is 0.137 e. The average Bonchev–Trinajstić information content (AvgIpc) is 3.95. The molecule has 0 bridgehead atoms. The van der Waals surface area contributed by atoms with Gasteiger partial charge in [-0.3, -0.25) is 14.4 Å². The van der Waals surface area contributed by atoms with E-state index in [9.17, 15) is 17.6 Å². The summed E-state index contributed by atoms with van der Waals surface area (Å²) in [6.45, 7) is 2.30. The zero-order valence-electron chi connectivity index (χ0n) is 24.9. The van der Waals surface area contributed by atoms with Crippen LogP contribution in [0.25, 0.3) is 21.8 Å². The second kappa shape index (κ2) is 14.7. The summed E-state index contributed by atoms with van der Waals surface area (Å²) in [6.07, 6.45) is 12.7. The first-order valence-electron chi connectivity index (χ1n) is 15.3. The van der Waals surface area contributed by atoms with Gasteiger partial charge >= 0.3 is 0 Å². The molecule has 5 aromatic rings. The molecule has 5 nitrogen and oxygen atoms in total. The lowest BCUT2D eigenvalue weighted by atomic mass is 10.1. The maximum absolute atomic E-state index is 13.5. The van der Waals surface area contributed by atoms with Crippen molar-refractivity contribution in [3.8, 4) is 0 Å². The largest absolute Gasteiger partial charge is 0.288 e. The number of aromatic nitrogens is 4. The van der Waals surface area contributed by atoms with Crippen LogP contribution < -0.4 is 0 Å². The number of alkyl halides is 1. The number of nitrogens with zero attached hydrogens (tertiary/aromatic N) is 5. The molecular weight excluding hydrogens is 794 g/mol. The van der Waals surface area contributed by atoms with Gasteiger partial charge in [0.2, 0.25) is 0 Å². The van der Waals surface area contributed by atoms with Gasteiger partial charge in [0.15, 0.2) is 0 Å². The normalized spacial score (nSPS) is 16.3. The lowest BCUT2D eigenvalue weighted by Gasteiger charge is -2.01. The van der Waals surface area contributed by atoms with E-state index >= 15 is 0 Å². The summed E-state index contributed by atoms with van der Waals surface area (Å²) < 4.78 is 58.0. The molecule has 3 aliphatic carbocycles. The molecule has 3 aromatic carbocycles. The molecule has 0 amide bonds. The Morgan fingerprint density at radius 2 is 1.39 bits per heavy atom. The van der Waals surface area contributed by atoms with E-state index in [1.807, 2.05) is 16.8 Å². The minimum absolute atomic E-state index is 0.198. The van der Waals surface area contributed by atoms with Gasteiger partial charge < -0.3 is 0 Å². The quantitative estimate of drug-likeness (QED) is 0.131. The Kier molecular flexibility index (Phi) is 10.6. The van der Waals surface area contributed by atoms with Gasteiger partial charge in [-0.1, -0.05) is 47.8 Å². The summed E-state index contributed by atoms with van der Waals surface area (Å²) in [7, 11) is 0. The molecule has 0 radical (unpaired) electrons. The monoisotopic (exact) mass is 823 g/mol. The Hall–Kier alpha value is -2.57. The third kappa shape index (κ3) is 8.86. The van der Waals surface area contributed by atoms with Gasteiger partial charge in [-0.15, -0.1) is 0 Å². The van der Waals surface area contributed by atoms with Gasteiger partial charge in [0.05, 0.1) is 34.5 Å². The second-order valence-electron chi connectivity index (χ2n) is 12.2. The molecule has 3 saturated carbocycles. The van der Waals surface area contributed by atoms with E-state index in [1.54, 1.807) is 17.1 Å². The third-order valence-corrected chi connectivity index (χ3v) is 9.94. The smallest absolute Gasteiger partial charge is 0.137 e. The molecule has 4 aliphatic rings. The number of halogens is 7. The Morgan fingerprint density at radius 3 is 2.07 bits per heavy atom. The molecule has 3 heterocycles. The van der Waals surface area contributed by atoms with Crippen LogP contribution in [-0.2, 0) is 19.6 Å². The fourth-order valence-corrected chi connectivity index (χ4v) is 6.51. The van der Waals surface area contributed by atoms with Crippen LogP contribution in [0.1, 0.15) is 49.7 Å². The first kappa shape index (κ1) is 33.3. The van der Waals surface area contributed by atoms with Crippen LogP contribution in [0.3, 0.4) is 0 Å². The lowest BCUT2D eigenvalue weighted by molar-refractivity contribution is 0.567. The molecule has 0 spiro atoms. The maximum atomic E-state index is 13.5. The van der Waals surface area contributed by atoms with Gasteiger partial charge in [0.1, 0.15) is 23.3 Å². The van der Waals surface area contributed by atoms with Gasteiger partial charge in [-0.05, 0) is 92.2 Å². The SMILES string of the molecule is BrCC1CC1.Fc1cc(Br)cc2c1C=NC2.Fc1cc(Br)cc2nn(CC3CC3)cc12.Fc1cc(F)c2cnn(CC3CC3)c2c1. The van der Waals surface area contributed by atoms with Crippen molar-refractivity contribution in [2.45, 2.75) is 58.2 Å².